The molecule has 1 rings (SSSR count). The second-order valence-corrected chi connectivity index (χ2v) is 6.92. The summed E-state index contributed by atoms with van der Waals surface area (Å²) < 4.78 is 31.7. The van der Waals surface area contributed by atoms with Crippen molar-refractivity contribution in [3.05, 3.63) is 0 Å². The lowest BCUT2D eigenvalue weighted by Gasteiger charge is -2.44. The summed E-state index contributed by atoms with van der Waals surface area (Å²) in [6, 6.07) is 0. The maximum absolute atomic E-state index is 13.4. The summed E-state index contributed by atoms with van der Waals surface area (Å²) in [4.78, 5) is 12.0. The molecule has 0 aromatic heterocycles. The smallest absolute Gasteiger partial charge is 0.313 e. The Hall–Kier alpha value is -0.710. The first-order valence-corrected chi connectivity index (χ1v) is 6.67. The Labute approximate surface area is 114 Å². The molecule has 0 radical (unpaired) electrons. The number of nitrogens with one attached hydrogen (secondary N) is 1. The van der Waals surface area contributed by atoms with Crippen molar-refractivity contribution in [3.63, 3.8) is 0 Å². The third kappa shape index (κ3) is 4.13. The number of hydrogen-bond donors (Lipinski definition) is 1. The van der Waals surface area contributed by atoms with Crippen LogP contribution in [0.1, 0.15) is 40.5 Å². The zero-order valence-corrected chi connectivity index (χ0v) is 12.5. The zero-order valence-electron chi connectivity index (χ0n) is 12.5. The number of ether oxygens (including phenoxy) is 1. The molecule has 3 nitrogen and oxygen atoms in total. The lowest BCUT2D eigenvalue weighted by molar-refractivity contribution is -0.162. The van der Waals surface area contributed by atoms with E-state index in [0.29, 0.717) is 6.42 Å². The van der Waals surface area contributed by atoms with Crippen molar-refractivity contribution in [2.75, 3.05) is 20.2 Å². The van der Waals surface area contributed by atoms with Crippen molar-refractivity contribution in [3.8, 4) is 0 Å². The van der Waals surface area contributed by atoms with Gasteiger partial charge in [-0.2, -0.15) is 0 Å². The molecule has 1 fully saturated rings. The minimum atomic E-state index is -2.88. The van der Waals surface area contributed by atoms with Gasteiger partial charge in [-0.25, -0.2) is 8.78 Å². The molecule has 2 unspecified atom stereocenters. The van der Waals surface area contributed by atoms with Crippen molar-refractivity contribution in [1.29, 1.82) is 0 Å². The zero-order chi connectivity index (χ0) is 14.9. The van der Waals surface area contributed by atoms with Crippen LogP contribution in [0.2, 0.25) is 0 Å². The van der Waals surface area contributed by atoms with Gasteiger partial charge in [0, 0.05) is 13.0 Å². The number of carbonyl (C=O) groups excluding carboxylic acids is 1. The van der Waals surface area contributed by atoms with Crippen LogP contribution in [0.4, 0.5) is 8.78 Å². The first kappa shape index (κ1) is 16.3. The highest BCUT2D eigenvalue weighted by atomic mass is 19.3. The topological polar surface area (TPSA) is 38.3 Å². The summed E-state index contributed by atoms with van der Waals surface area (Å²) in [5.41, 5.74) is -1.15. The lowest BCUT2D eigenvalue weighted by atomic mass is 9.65. The Morgan fingerprint density at radius 1 is 1.37 bits per heavy atom. The fraction of sp³-hybridized carbons (Fsp3) is 0.929. The molecule has 1 saturated heterocycles. The van der Waals surface area contributed by atoms with Crippen LogP contribution in [0, 0.1) is 16.7 Å². The first-order chi connectivity index (χ1) is 8.50. The van der Waals surface area contributed by atoms with Crippen LogP contribution < -0.4 is 5.32 Å². The predicted octanol–water partition coefficient (Wildman–Crippen LogP) is 2.85. The van der Waals surface area contributed by atoms with E-state index in [9.17, 15) is 13.6 Å². The van der Waals surface area contributed by atoms with Crippen LogP contribution in [0.3, 0.4) is 0 Å². The number of methoxy groups -OCH3 is 1. The number of piperidine rings is 1. The molecule has 1 aliphatic rings. The number of carbonyl (C=O) groups is 1. The van der Waals surface area contributed by atoms with Crippen molar-refractivity contribution in [2.24, 2.45) is 16.7 Å². The van der Waals surface area contributed by atoms with E-state index in [0.717, 1.165) is 13.5 Å². The molecule has 1 aliphatic heterocycles. The van der Waals surface area contributed by atoms with Gasteiger partial charge in [0.05, 0.1) is 12.5 Å². The average molecular weight is 277 g/mol. The van der Waals surface area contributed by atoms with Crippen LogP contribution in [0.15, 0.2) is 0 Å². The molecule has 19 heavy (non-hydrogen) atoms. The quantitative estimate of drug-likeness (QED) is 0.806. The van der Waals surface area contributed by atoms with Gasteiger partial charge in [-0.1, -0.05) is 20.8 Å². The lowest BCUT2D eigenvalue weighted by Crippen LogP contribution is -2.53. The summed E-state index contributed by atoms with van der Waals surface area (Å²) in [5.74, 6) is -3.24. The van der Waals surface area contributed by atoms with Gasteiger partial charge in [0.1, 0.15) is 0 Å². The van der Waals surface area contributed by atoms with Gasteiger partial charge in [0.25, 0.3) is 0 Å². The van der Waals surface area contributed by atoms with E-state index in [2.05, 4.69) is 26.1 Å². The average Bonchev–Trinajstić information content (AvgIpc) is 2.24. The SMILES string of the molecule is COC(=O)C1(CC(C)(F)F)CNCC(C(C)(C)C)C1. The largest absolute Gasteiger partial charge is 0.469 e. The van der Waals surface area contributed by atoms with Crippen LogP contribution >= 0.6 is 0 Å². The molecule has 1 N–H and O–H groups in total. The van der Waals surface area contributed by atoms with Gasteiger partial charge >= 0.3 is 5.97 Å². The van der Waals surface area contributed by atoms with Crippen LogP contribution in [0.5, 0.6) is 0 Å². The molecule has 0 aliphatic carbocycles. The van der Waals surface area contributed by atoms with E-state index in [1.165, 1.54) is 7.11 Å². The normalized spacial score (nSPS) is 29.1. The highest BCUT2D eigenvalue weighted by Crippen LogP contribution is 2.44. The van der Waals surface area contributed by atoms with Gasteiger partial charge in [-0.15, -0.1) is 0 Å². The molecule has 5 heteroatoms. The number of esters is 1. The molecule has 0 bridgehead atoms. The van der Waals surface area contributed by atoms with E-state index in [4.69, 9.17) is 4.74 Å². The van der Waals surface area contributed by atoms with E-state index < -0.39 is 23.7 Å². The Morgan fingerprint density at radius 2 is 1.95 bits per heavy atom. The van der Waals surface area contributed by atoms with Crippen molar-refractivity contribution >= 4 is 5.97 Å². The first-order valence-electron chi connectivity index (χ1n) is 6.67. The molecule has 0 amide bonds. The summed E-state index contributed by atoms with van der Waals surface area (Å²) in [6.45, 7) is 8.07. The molecule has 0 aromatic carbocycles. The number of halogens is 2. The highest BCUT2D eigenvalue weighted by Gasteiger charge is 2.50. The molecule has 112 valence electrons. The van der Waals surface area contributed by atoms with E-state index in [-0.39, 0.29) is 17.9 Å². The Morgan fingerprint density at radius 3 is 2.37 bits per heavy atom. The fourth-order valence-corrected chi connectivity index (χ4v) is 2.89. The van der Waals surface area contributed by atoms with Gasteiger partial charge in [0.2, 0.25) is 5.92 Å². The van der Waals surface area contributed by atoms with Crippen LogP contribution in [0.25, 0.3) is 0 Å². The predicted molar refractivity (Wildman–Crippen MR) is 70.1 cm³/mol. The minimum Gasteiger partial charge on any atom is -0.469 e. The summed E-state index contributed by atoms with van der Waals surface area (Å²) in [5, 5.41) is 3.14. The summed E-state index contributed by atoms with van der Waals surface area (Å²) in [6.07, 6.45) is -0.0220. The van der Waals surface area contributed by atoms with E-state index >= 15 is 0 Å². The molecular formula is C14H25F2NO2. The second kappa shape index (κ2) is 5.35. The molecule has 0 aromatic rings. The molecule has 2 atom stereocenters. The monoisotopic (exact) mass is 277 g/mol. The van der Waals surface area contributed by atoms with Crippen molar-refractivity contribution in [1.82, 2.24) is 5.32 Å². The van der Waals surface area contributed by atoms with Gasteiger partial charge < -0.3 is 10.1 Å². The molecular weight excluding hydrogens is 252 g/mol. The van der Waals surface area contributed by atoms with Gasteiger partial charge in [-0.05, 0) is 31.2 Å². The van der Waals surface area contributed by atoms with E-state index in [1.54, 1.807) is 0 Å². The Kier molecular flexibility index (Phi) is 4.60. The summed E-state index contributed by atoms with van der Waals surface area (Å²) >= 11 is 0. The van der Waals surface area contributed by atoms with Crippen LogP contribution in [-0.4, -0.2) is 32.1 Å². The van der Waals surface area contributed by atoms with Crippen molar-refractivity contribution in [2.45, 2.75) is 46.5 Å². The van der Waals surface area contributed by atoms with Gasteiger partial charge in [0.15, 0.2) is 0 Å². The number of hydrogen-bond acceptors (Lipinski definition) is 3. The standard InChI is InChI=1S/C14H25F2NO2/c1-12(2,3)10-6-14(9-17-7-10,11(18)19-5)8-13(4,15)16/h10,17H,6-9H2,1-5H3. The van der Waals surface area contributed by atoms with Crippen LogP contribution in [-0.2, 0) is 9.53 Å². The summed E-state index contributed by atoms with van der Waals surface area (Å²) in [7, 11) is 1.26. The molecule has 0 spiro atoms. The highest BCUT2D eigenvalue weighted by molar-refractivity contribution is 5.77. The third-order valence-corrected chi connectivity index (χ3v) is 3.98. The van der Waals surface area contributed by atoms with Gasteiger partial charge in [-0.3, -0.25) is 4.79 Å². The van der Waals surface area contributed by atoms with E-state index in [1.807, 2.05) is 0 Å². The minimum absolute atomic E-state index is 0.0320. The third-order valence-electron chi connectivity index (χ3n) is 3.98. The number of rotatable bonds is 3. The maximum atomic E-state index is 13.4. The Bertz CT molecular complexity index is 333. The fourth-order valence-electron chi connectivity index (χ4n) is 2.89. The second-order valence-electron chi connectivity index (χ2n) is 6.92. The maximum Gasteiger partial charge on any atom is 0.313 e. The van der Waals surface area contributed by atoms with Crippen molar-refractivity contribution < 1.29 is 18.3 Å². The molecule has 1 heterocycles. The molecule has 0 saturated carbocycles. The number of alkyl halides is 2. The Balaban J connectivity index is 3.00.